The number of carbonyl (C=O) groups excluding carboxylic acids is 1. The zero-order valence-electron chi connectivity index (χ0n) is 15.2. The molecule has 5 nitrogen and oxygen atoms in total. The van der Waals surface area contributed by atoms with Gasteiger partial charge in [-0.3, -0.25) is 4.79 Å². The molecule has 142 valence electrons. The SMILES string of the molecule is CCCCCCC=CCCCCCCCC(=O)OC(O)C(O)CO. The first-order valence-corrected chi connectivity index (χ1v) is 9.43. The molecular weight excluding hydrogens is 308 g/mol. The molecule has 0 fully saturated rings. The van der Waals surface area contributed by atoms with Crippen molar-refractivity contribution in [1.82, 2.24) is 0 Å². The Morgan fingerprint density at radius 3 is 2.04 bits per heavy atom. The Labute approximate surface area is 146 Å². The van der Waals surface area contributed by atoms with Crippen LogP contribution in [0, 0.1) is 0 Å². The zero-order chi connectivity index (χ0) is 18.0. The van der Waals surface area contributed by atoms with Gasteiger partial charge in [-0.2, -0.15) is 0 Å². The number of aliphatic hydroxyl groups is 3. The van der Waals surface area contributed by atoms with Crippen LogP contribution < -0.4 is 0 Å². The van der Waals surface area contributed by atoms with Crippen LogP contribution in [0.5, 0.6) is 0 Å². The van der Waals surface area contributed by atoms with E-state index in [-0.39, 0.29) is 6.42 Å². The van der Waals surface area contributed by atoms with E-state index in [1.54, 1.807) is 0 Å². The fraction of sp³-hybridized carbons (Fsp3) is 0.842. The van der Waals surface area contributed by atoms with Crippen LogP contribution in [0.3, 0.4) is 0 Å². The second-order valence-corrected chi connectivity index (χ2v) is 6.26. The topological polar surface area (TPSA) is 87.0 Å². The molecule has 0 aromatic rings. The van der Waals surface area contributed by atoms with Crippen molar-refractivity contribution in [1.29, 1.82) is 0 Å². The number of ether oxygens (including phenoxy) is 1. The van der Waals surface area contributed by atoms with Crippen molar-refractivity contribution in [2.24, 2.45) is 0 Å². The lowest BCUT2D eigenvalue weighted by Gasteiger charge is -2.15. The van der Waals surface area contributed by atoms with E-state index in [1.165, 1.54) is 38.5 Å². The highest BCUT2D eigenvalue weighted by atomic mass is 16.6. The van der Waals surface area contributed by atoms with E-state index < -0.39 is 25.0 Å². The molecule has 24 heavy (non-hydrogen) atoms. The molecule has 0 saturated heterocycles. The molecule has 0 amide bonds. The largest absolute Gasteiger partial charge is 0.433 e. The van der Waals surface area contributed by atoms with Crippen LogP contribution in [0.2, 0.25) is 0 Å². The van der Waals surface area contributed by atoms with E-state index in [1.807, 2.05) is 0 Å². The standard InChI is InChI=1S/C19H36O5/c1-2-3-4-5-6-7-8-9-10-11-12-13-14-15-18(22)24-19(23)17(21)16-20/h7-8,17,19-21,23H,2-6,9-16H2,1H3. The van der Waals surface area contributed by atoms with Crippen LogP contribution in [-0.2, 0) is 9.53 Å². The van der Waals surface area contributed by atoms with Crippen molar-refractivity contribution in [3.05, 3.63) is 12.2 Å². The molecule has 0 aliphatic heterocycles. The van der Waals surface area contributed by atoms with Gasteiger partial charge in [0.25, 0.3) is 0 Å². The van der Waals surface area contributed by atoms with Gasteiger partial charge in [-0.05, 0) is 32.1 Å². The molecule has 0 aliphatic carbocycles. The summed E-state index contributed by atoms with van der Waals surface area (Å²) >= 11 is 0. The summed E-state index contributed by atoms with van der Waals surface area (Å²) < 4.78 is 4.61. The molecule has 0 aromatic heterocycles. The van der Waals surface area contributed by atoms with E-state index in [0.717, 1.165) is 25.7 Å². The van der Waals surface area contributed by atoms with E-state index in [0.29, 0.717) is 6.42 Å². The summed E-state index contributed by atoms with van der Waals surface area (Å²) in [6, 6.07) is 0. The van der Waals surface area contributed by atoms with Gasteiger partial charge in [0.1, 0.15) is 6.10 Å². The number of carbonyl (C=O) groups is 1. The molecule has 0 saturated carbocycles. The number of rotatable bonds is 16. The van der Waals surface area contributed by atoms with Crippen LogP contribution in [0.25, 0.3) is 0 Å². The number of esters is 1. The molecule has 3 N–H and O–H groups in total. The van der Waals surface area contributed by atoms with Crippen molar-refractivity contribution in [2.75, 3.05) is 6.61 Å². The molecule has 0 aliphatic rings. The Morgan fingerprint density at radius 2 is 1.46 bits per heavy atom. The monoisotopic (exact) mass is 344 g/mol. The minimum absolute atomic E-state index is 0.229. The van der Waals surface area contributed by atoms with Crippen molar-refractivity contribution in [3.8, 4) is 0 Å². The molecule has 2 unspecified atom stereocenters. The Hall–Kier alpha value is -0.910. The number of hydrogen-bond acceptors (Lipinski definition) is 5. The van der Waals surface area contributed by atoms with Crippen LogP contribution >= 0.6 is 0 Å². The van der Waals surface area contributed by atoms with Crippen LogP contribution in [-0.4, -0.2) is 40.3 Å². The lowest BCUT2D eigenvalue weighted by Crippen LogP contribution is -2.33. The third kappa shape index (κ3) is 14.7. The summed E-state index contributed by atoms with van der Waals surface area (Å²) in [6.45, 7) is 1.59. The van der Waals surface area contributed by atoms with E-state index in [9.17, 15) is 9.90 Å². The second kappa shape index (κ2) is 16.9. The summed E-state index contributed by atoms with van der Waals surface area (Å²) in [5.41, 5.74) is 0. The molecule has 0 heterocycles. The molecular formula is C19H36O5. The quantitative estimate of drug-likeness (QED) is 0.173. The van der Waals surface area contributed by atoms with Crippen molar-refractivity contribution < 1.29 is 24.9 Å². The van der Waals surface area contributed by atoms with Gasteiger partial charge in [-0.15, -0.1) is 0 Å². The average Bonchev–Trinajstić information content (AvgIpc) is 2.58. The lowest BCUT2D eigenvalue weighted by molar-refractivity contribution is -0.190. The minimum Gasteiger partial charge on any atom is -0.433 e. The highest BCUT2D eigenvalue weighted by molar-refractivity contribution is 5.69. The van der Waals surface area contributed by atoms with E-state index in [4.69, 9.17) is 10.2 Å². The minimum atomic E-state index is -1.64. The molecule has 2 atom stereocenters. The van der Waals surface area contributed by atoms with Gasteiger partial charge in [0, 0.05) is 6.42 Å². The first kappa shape index (κ1) is 23.1. The third-order valence-electron chi connectivity index (χ3n) is 3.91. The first-order valence-electron chi connectivity index (χ1n) is 9.43. The Kier molecular flexibility index (Phi) is 16.3. The maximum absolute atomic E-state index is 11.4. The van der Waals surface area contributed by atoms with Crippen LogP contribution in [0.15, 0.2) is 12.2 Å². The fourth-order valence-corrected chi connectivity index (χ4v) is 2.35. The summed E-state index contributed by atoms with van der Waals surface area (Å²) in [5, 5.41) is 26.9. The smallest absolute Gasteiger partial charge is 0.308 e. The molecule has 0 radical (unpaired) electrons. The molecule has 0 aromatic carbocycles. The molecule has 0 spiro atoms. The maximum Gasteiger partial charge on any atom is 0.308 e. The van der Waals surface area contributed by atoms with Crippen molar-refractivity contribution >= 4 is 5.97 Å². The van der Waals surface area contributed by atoms with Crippen molar-refractivity contribution in [3.63, 3.8) is 0 Å². The summed E-state index contributed by atoms with van der Waals surface area (Å²) in [5.74, 6) is -0.541. The van der Waals surface area contributed by atoms with Crippen LogP contribution in [0.1, 0.15) is 84.0 Å². The lowest BCUT2D eigenvalue weighted by atomic mass is 10.1. The van der Waals surface area contributed by atoms with Crippen LogP contribution in [0.4, 0.5) is 0 Å². The number of aliphatic hydroxyl groups excluding tert-OH is 3. The molecule has 5 heteroatoms. The maximum atomic E-state index is 11.4. The van der Waals surface area contributed by atoms with Gasteiger partial charge in [-0.1, -0.05) is 57.6 Å². The van der Waals surface area contributed by atoms with Gasteiger partial charge in [0.15, 0.2) is 0 Å². The predicted molar refractivity (Wildman–Crippen MR) is 95.4 cm³/mol. The average molecular weight is 344 g/mol. The van der Waals surface area contributed by atoms with Gasteiger partial charge in [0.05, 0.1) is 6.61 Å². The first-order chi connectivity index (χ1) is 11.6. The van der Waals surface area contributed by atoms with E-state index in [2.05, 4.69) is 23.8 Å². The van der Waals surface area contributed by atoms with Gasteiger partial charge < -0.3 is 20.1 Å². The highest BCUT2D eigenvalue weighted by Crippen LogP contribution is 2.10. The predicted octanol–water partition coefficient (Wildman–Crippen LogP) is 3.46. The number of hydrogen-bond donors (Lipinski definition) is 3. The fourth-order valence-electron chi connectivity index (χ4n) is 2.35. The zero-order valence-corrected chi connectivity index (χ0v) is 15.2. The third-order valence-corrected chi connectivity index (χ3v) is 3.91. The summed E-state index contributed by atoms with van der Waals surface area (Å²) in [6.07, 6.45) is 14.4. The highest BCUT2D eigenvalue weighted by Gasteiger charge is 2.19. The summed E-state index contributed by atoms with van der Waals surface area (Å²) in [4.78, 5) is 11.4. The summed E-state index contributed by atoms with van der Waals surface area (Å²) in [7, 11) is 0. The Bertz CT molecular complexity index is 317. The van der Waals surface area contributed by atoms with Gasteiger partial charge in [0.2, 0.25) is 6.29 Å². The van der Waals surface area contributed by atoms with Gasteiger partial charge >= 0.3 is 5.97 Å². The normalized spacial score (nSPS) is 14.0. The molecule has 0 rings (SSSR count). The second-order valence-electron chi connectivity index (χ2n) is 6.26. The van der Waals surface area contributed by atoms with Gasteiger partial charge in [-0.25, -0.2) is 0 Å². The number of unbranched alkanes of at least 4 members (excludes halogenated alkanes) is 9. The number of allylic oxidation sites excluding steroid dienone is 2. The Morgan fingerprint density at radius 1 is 0.917 bits per heavy atom. The molecule has 0 bridgehead atoms. The van der Waals surface area contributed by atoms with Crippen molar-refractivity contribution in [2.45, 2.75) is 96.4 Å². The Balaban J connectivity index is 3.35. The van der Waals surface area contributed by atoms with E-state index >= 15 is 0 Å².